The predicted octanol–water partition coefficient (Wildman–Crippen LogP) is 9.91. The van der Waals surface area contributed by atoms with Crippen LogP contribution in [0.2, 0.25) is 0 Å². The molecule has 0 saturated carbocycles. The second kappa shape index (κ2) is 8.36. The Morgan fingerprint density at radius 3 is 1.49 bits per heavy atom. The molecule has 0 amide bonds. The third kappa shape index (κ3) is 2.88. The van der Waals surface area contributed by atoms with Gasteiger partial charge in [-0.2, -0.15) is 0 Å². The first kappa shape index (κ1) is 22.5. The Morgan fingerprint density at radius 2 is 0.854 bits per heavy atom. The van der Waals surface area contributed by atoms with Gasteiger partial charge in [-0.25, -0.2) is 4.98 Å². The molecule has 0 N–H and O–H groups in total. The fourth-order valence-electron chi connectivity index (χ4n) is 7.55. The molecule has 2 aliphatic carbocycles. The second-order valence-electron chi connectivity index (χ2n) is 11.0. The van der Waals surface area contributed by atoms with Crippen molar-refractivity contribution in [1.29, 1.82) is 0 Å². The molecule has 0 bridgehead atoms. The van der Waals surface area contributed by atoms with Gasteiger partial charge in [0.05, 0.1) is 16.8 Å². The molecule has 9 rings (SSSR count). The standard InChI is InChI=1S/C40H25N/c1-3-14-26(15-4-1)36-31-21-13-25-35-37(31)39(41-38(36)27-16-5-2-6-17-27)30-20-9-12-24-34(30)40(35)32-22-10-7-18-28(32)29-19-8-11-23-33(29)40/h1-25H. The van der Waals surface area contributed by atoms with Crippen molar-refractivity contribution in [3.05, 3.63) is 174 Å². The maximum Gasteiger partial charge on any atom is 0.0795 e. The summed E-state index contributed by atoms with van der Waals surface area (Å²) in [4.78, 5) is 5.59. The number of aromatic nitrogens is 1. The Bertz CT molecular complexity index is 2100. The number of hydrogen-bond donors (Lipinski definition) is 0. The van der Waals surface area contributed by atoms with Gasteiger partial charge in [0, 0.05) is 22.1 Å². The molecule has 0 saturated heterocycles. The fourth-order valence-corrected chi connectivity index (χ4v) is 7.55. The molecule has 6 aromatic carbocycles. The zero-order valence-corrected chi connectivity index (χ0v) is 22.4. The van der Waals surface area contributed by atoms with E-state index in [0.29, 0.717) is 0 Å². The van der Waals surface area contributed by atoms with Gasteiger partial charge in [0.15, 0.2) is 0 Å². The van der Waals surface area contributed by atoms with Gasteiger partial charge in [0.1, 0.15) is 0 Å². The van der Waals surface area contributed by atoms with E-state index in [9.17, 15) is 0 Å². The molecule has 1 heterocycles. The van der Waals surface area contributed by atoms with Crippen molar-refractivity contribution in [1.82, 2.24) is 4.98 Å². The summed E-state index contributed by atoms with van der Waals surface area (Å²) >= 11 is 0. The lowest BCUT2D eigenvalue weighted by Crippen LogP contribution is -2.32. The highest BCUT2D eigenvalue weighted by atomic mass is 14.7. The number of hydrogen-bond acceptors (Lipinski definition) is 1. The van der Waals surface area contributed by atoms with Crippen LogP contribution < -0.4 is 0 Å². The monoisotopic (exact) mass is 519 g/mol. The first-order valence-corrected chi connectivity index (χ1v) is 14.2. The molecular weight excluding hydrogens is 494 g/mol. The highest BCUT2D eigenvalue weighted by Crippen LogP contribution is 2.62. The molecule has 0 unspecified atom stereocenters. The normalized spacial score (nSPS) is 13.6. The van der Waals surface area contributed by atoms with Crippen LogP contribution in [0.5, 0.6) is 0 Å². The van der Waals surface area contributed by atoms with E-state index in [1.807, 2.05) is 0 Å². The molecule has 0 fully saturated rings. The lowest BCUT2D eigenvalue weighted by molar-refractivity contribution is 0.772. The summed E-state index contributed by atoms with van der Waals surface area (Å²) in [6, 6.07) is 55.2. The number of benzene rings is 6. The van der Waals surface area contributed by atoms with Crippen LogP contribution in [0.3, 0.4) is 0 Å². The largest absolute Gasteiger partial charge is 0.246 e. The highest BCUT2D eigenvalue weighted by molar-refractivity contribution is 6.13. The number of pyridine rings is 1. The van der Waals surface area contributed by atoms with Crippen LogP contribution >= 0.6 is 0 Å². The van der Waals surface area contributed by atoms with E-state index >= 15 is 0 Å². The van der Waals surface area contributed by atoms with Crippen LogP contribution in [0.25, 0.3) is 55.5 Å². The molecule has 0 aliphatic heterocycles. The van der Waals surface area contributed by atoms with Gasteiger partial charge in [0.2, 0.25) is 0 Å². The van der Waals surface area contributed by atoms with E-state index in [-0.39, 0.29) is 0 Å². The Balaban J connectivity index is 1.52. The average Bonchev–Trinajstić information content (AvgIpc) is 3.35. The minimum absolute atomic E-state index is 0.416. The number of rotatable bonds is 2. The van der Waals surface area contributed by atoms with Crippen LogP contribution in [0.4, 0.5) is 0 Å². The van der Waals surface area contributed by atoms with E-state index < -0.39 is 5.41 Å². The summed E-state index contributed by atoms with van der Waals surface area (Å²) in [6.07, 6.45) is 0. The molecule has 0 atom stereocenters. The molecule has 41 heavy (non-hydrogen) atoms. The average molecular weight is 520 g/mol. The summed E-state index contributed by atoms with van der Waals surface area (Å²) in [5.41, 5.74) is 14.3. The fraction of sp³-hybridized carbons (Fsp3) is 0.0250. The van der Waals surface area contributed by atoms with Gasteiger partial charge in [-0.1, -0.05) is 152 Å². The third-order valence-corrected chi connectivity index (χ3v) is 9.08. The van der Waals surface area contributed by atoms with E-state index in [1.54, 1.807) is 0 Å². The van der Waals surface area contributed by atoms with E-state index in [2.05, 4.69) is 152 Å². The van der Waals surface area contributed by atoms with Gasteiger partial charge in [-0.05, 0) is 44.3 Å². The van der Waals surface area contributed by atoms with Crippen LogP contribution in [0.15, 0.2) is 152 Å². The van der Waals surface area contributed by atoms with Crippen LogP contribution in [0.1, 0.15) is 22.3 Å². The van der Waals surface area contributed by atoms with Gasteiger partial charge in [-0.3, -0.25) is 0 Å². The molecule has 2 aliphatic rings. The van der Waals surface area contributed by atoms with Gasteiger partial charge >= 0.3 is 0 Å². The quantitative estimate of drug-likeness (QED) is 0.221. The Kier molecular flexibility index (Phi) is 4.60. The summed E-state index contributed by atoms with van der Waals surface area (Å²) < 4.78 is 0. The zero-order valence-electron chi connectivity index (χ0n) is 22.4. The van der Waals surface area contributed by atoms with Crippen molar-refractivity contribution in [2.45, 2.75) is 5.41 Å². The van der Waals surface area contributed by atoms with Gasteiger partial charge in [0.25, 0.3) is 0 Å². The minimum atomic E-state index is -0.416. The summed E-state index contributed by atoms with van der Waals surface area (Å²) in [6.45, 7) is 0. The smallest absolute Gasteiger partial charge is 0.0795 e. The Morgan fingerprint density at radius 1 is 0.366 bits per heavy atom. The summed E-state index contributed by atoms with van der Waals surface area (Å²) in [5, 5.41) is 2.49. The summed E-state index contributed by atoms with van der Waals surface area (Å²) in [7, 11) is 0. The zero-order chi connectivity index (χ0) is 27.0. The molecule has 0 radical (unpaired) electrons. The molecule has 1 spiro atoms. The number of nitrogens with zero attached hydrogens (tertiary/aromatic N) is 1. The second-order valence-corrected chi connectivity index (χ2v) is 11.0. The van der Waals surface area contributed by atoms with Crippen molar-refractivity contribution in [2.75, 3.05) is 0 Å². The van der Waals surface area contributed by atoms with Crippen molar-refractivity contribution < 1.29 is 0 Å². The number of fused-ring (bicyclic) bond motifs is 9. The Hall–Kier alpha value is -5.27. The molecule has 1 aromatic heterocycles. The molecule has 1 heteroatoms. The van der Waals surface area contributed by atoms with Crippen molar-refractivity contribution in [3.8, 4) is 44.8 Å². The van der Waals surface area contributed by atoms with Crippen LogP contribution in [-0.4, -0.2) is 4.98 Å². The van der Waals surface area contributed by atoms with Crippen molar-refractivity contribution >= 4 is 10.8 Å². The van der Waals surface area contributed by atoms with Crippen molar-refractivity contribution in [3.63, 3.8) is 0 Å². The first-order chi connectivity index (χ1) is 20.4. The lowest BCUT2D eigenvalue weighted by atomic mass is 9.62. The Labute approximate surface area is 239 Å². The molecule has 190 valence electrons. The summed E-state index contributed by atoms with van der Waals surface area (Å²) in [5.74, 6) is 0. The maximum absolute atomic E-state index is 5.59. The first-order valence-electron chi connectivity index (χ1n) is 14.2. The maximum atomic E-state index is 5.59. The molecular formula is C40H25N. The molecule has 7 aromatic rings. The van der Waals surface area contributed by atoms with Crippen molar-refractivity contribution in [2.24, 2.45) is 0 Å². The topological polar surface area (TPSA) is 12.9 Å². The van der Waals surface area contributed by atoms with E-state index in [4.69, 9.17) is 4.98 Å². The van der Waals surface area contributed by atoms with Crippen LogP contribution in [-0.2, 0) is 5.41 Å². The molecule has 1 nitrogen and oxygen atoms in total. The highest BCUT2D eigenvalue weighted by Gasteiger charge is 2.50. The minimum Gasteiger partial charge on any atom is -0.246 e. The third-order valence-electron chi connectivity index (χ3n) is 9.08. The predicted molar refractivity (Wildman–Crippen MR) is 169 cm³/mol. The van der Waals surface area contributed by atoms with Crippen LogP contribution in [0, 0.1) is 0 Å². The SMILES string of the molecule is c1ccc(-c2nc3c4c(cccc4c2-c2ccccc2)C2(c4ccccc4-c4ccccc42)c2ccccc2-3)cc1. The lowest BCUT2D eigenvalue weighted by Gasteiger charge is -2.40. The van der Waals surface area contributed by atoms with Gasteiger partial charge in [-0.15, -0.1) is 0 Å². The van der Waals surface area contributed by atoms with Gasteiger partial charge < -0.3 is 0 Å². The van der Waals surface area contributed by atoms with E-state index in [1.165, 1.54) is 60.8 Å². The van der Waals surface area contributed by atoms with E-state index in [0.717, 1.165) is 17.0 Å².